The normalized spacial score (nSPS) is 10.7. The van der Waals surface area contributed by atoms with E-state index in [0.717, 1.165) is 0 Å². The van der Waals surface area contributed by atoms with E-state index in [4.69, 9.17) is 14.2 Å². The zero-order valence-electron chi connectivity index (χ0n) is 14.5. The van der Waals surface area contributed by atoms with Crippen LogP contribution in [0.1, 0.15) is 10.5 Å². The summed E-state index contributed by atoms with van der Waals surface area (Å²) in [4.78, 5) is 26.2. The molecule has 0 spiro atoms. The Kier molecular flexibility index (Phi) is 5.89. The first-order valence-corrected chi connectivity index (χ1v) is 7.40. The van der Waals surface area contributed by atoms with Crippen LogP contribution in [0.5, 0.6) is 17.2 Å². The molecule has 2 N–H and O–H groups in total. The minimum absolute atomic E-state index is 0.188. The van der Waals surface area contributed by atoms with Crippen LogP contribution in [0.2, 0.25) is 0 Å². The van der Waals surface area contributed by atoms with Crippen LogP contribution in [0.25, 0.3) is 10.9 Å². The van der Waals surface area contributed by atoms with Crippen molar-refractivity contribution in [3.8, 4) is 17.2 Å². The minimum Gasteiger partial charge on any atom is -0.493 e. The molecule has 1 heterocycles. The quantitative estimate of drug-likeness (QED) is 0.583. The molecule has 0 bridgehead atoms. The molecule has 0 aliphatic carbocycles. The Balaban J connectivity index is 2.27. The van der Waals surface area contributed by atoms with Crippen molar-refractivity contribution in [2.45, 2.75) is 0 Å². The molecule has 0 saturated carbocycles. The molecule has 8 heteroatoms. The van der Waals surface area contributed by atoms with Crippen molar-refractivity contribution in [3.05, 3.63) is 30.0 Å². The predicted molar refractivity (Wildman–Crippen MR) is 91.4 cm³/mol. The summed E-state index contributed by atoms with van der Waals surface area (Å²) >= 11 is 0. The van der Waals surface area contributed by atoms with E-state index in [1.54, 1.807) is 12.1 Å². The molecule has 2 rings (SSSR count). The lowest BCUT2D eigenvalue weighted by Gasteiger charge is -2.12. The van der Waals surface area contributed by atoms with Gasteiger partial charge >= 0.3 is 5.97 Å². The highest BCUT2D eigenvalue weighted by molar-refractivity contribution is 6.01. The zero-order chi connectivity index (χ0) is 18.4. The molecular weight excluding hydrogens is 328 g/mol. The van der Waals surface area contributed by atoms with E-state index in [-0.39, 0.29) is 12.5 Å². The third-order valence-corrected chi connectivity index (χ3v) is 3.51. The van der Waals surface area contributed by atoms with Gasteiger partial charge in [0.1, 0.15) is 5.69 Å². The van der Waals surface area contributed by atoms with Gasteiger partial charge in [0.05, 0.1) is 34.0 Å². The molecule has 0 fully saturated rings. The lowest BCUT2D eigenvalue weighted by atomic mass is 10.2. The highest BCUT2D eigenvalue weighted by Crippen LogP contribution is 2.43. The maximum Gasteiger partial charge on any atom is 0.330 e. The van der Waals surface area contributed by atoms with E-state index in [0.29, 0.717) is 33.8 Å². The van der Waals surface area contributed by atoms with Gasteiger partial charge in [0, 0.05) is 24.1 Å². The summed E-state index contributed by atoms with van der Waals surface area (Å²) < 4.78 is 20.5. The number of aromatic amines is 1. The second kappa shape index (κ2) is 8.09. The van der Waals surface area contributed by atoms with E-state index >= 15 is 0 Å². The number of ether oxygens (including phenoxy) is 4. The van der Waals surface area contributed by atoms with Gasteiger partial charge in [-0.1, -0.05) is 6.08 Å². The number of fused-ring (bicyclic) bond motifs is 1. The molecule has 1 aromatic heterocycles. The number of hydrogen-bond acceptors (Lipinski definition) is 6. The van der Waals surface area contributed by atoms with Crippen molar-refractivity contribution in [1.82, 2.24) is 10.3 Å². The Morgan fingerprint density at radius 3 is 2.40 bits per heavy atom. The predicted octanol–water partition coefficient (Wildman–Crippen LogP) is 1.65. The Morgan fingerprint density at radius 2 is 1.80 bits per heavy atom. The minimum atomic E-state index is -0.483. The topological polar surface area (TPSA) is 98.9 Å². The van der Waals surface area contributed by atoms with Crippen molar-refractivity contribution < 1.29 is 28.5 Å². The number of benzene rings is 1. The number of nitrogens with one attached hydrogen (secondary N) is 2. The highest BCUT2D eigenvalue weighted by Gasteiger charge is 2.19. The maximum atomic E-state index is 12.2. The summed E-state index contributed by atoms with van der Waals surface area (Å²) in [5, 5.41) is 3.36. The average molecular weight is 348 g/mol. The molecule has 0 radical (unpaired) electrons. The molecule has 25 heavy (non-hydrogen) atoms. The molecule has 0 atom stereocenters. The van der Waals surface area contributed by atoms with Crippen LogP contribution < -0.4 is 19.5 Å². The summed E-state index contributed by atoms with van der Waals surface area (Å²) in [5.41, 5.74) is 1.01. The van der Waals surface area contributed by atoms with Gasteiger partial charge in [-0.3, -0.25) is 4.79 Å². The summed E-state index contributed by atoms with van der Waals surface area (Å²) in [6.45, 7) is 0.188. The highest BCUT2D eigenvalue weighted by atomic mass is 16.5. The van der Waals surface area contributed by atoms with Crippen molar-refractivity contribution >= 4 is 22.8 Å². The van der Waals surface area contributed by atoms with Crippen LogP contribution in [0.4, 0.5) is 0 Å². The van der Waals surface area contributed by atoms with Gasteiger partial charge in [0.15, 0.2) is 11.5 Å². The summed E-state index contributed by atoms with van der Waals surface area (Å²) in [5.74, 6) is 0.596. The molecule has 134 valence electrons. The number of aromatic nitrogens is 1. The second-order valence-corrected chi connectivity index (χ2v) is 4.93. The molecule has 1 aromatic carbocycles. The van der Waals surface area contributed by atoms with E-state index in [2.05, 4.69) is 15.0 Å². The van der Waals surface area contributed by atoms with Crippen LogP contribution in [-0.2, 0) is 9.53 Å². The Hall–Kier alpha value is -3.16. The lowest BCUT2D eigenvalue weighted by molar-refractivity contribution is -0.134. The van der Waals surface area contributed by atoms with Gasteiger partial charge in [0.25, 0.3) is 5.91 Å². The molecule has 2 aromatic rings. The first-order chi connectivity index (χ1) is 12.0. The fraction of sp³-hybridized carbons (Fsp3) is 0.294. The fourth-order valence-corrected chi connectivity index (χ4v) is 2.34. The Morgan fingerprint density at radius 1 is 1.08 bits per heavy atom. The second-order valence-electron chi connectivity index (χ2n) is 4.93. The van der Waals surface area contributed by atoms with E-state index < -0.39 is 5.97 Å². The number of hydrogen-bond donors (Lipinski definition) is 2. The Bertz CT molecular complexity index is 809. The van der Waals surface area contributed by atoms with E-state index in [9.17, 15) is 9.59 Å². The fourth-order valence-electron chi connectivity index (χ4n) is 2.34. The molecule has 0 aliphatic rings. The molecule has 1 amide bonds. The van der Waals surface area contributed by atoms with Crippen LogP contribution in [0.15, 0.2) is 24.3 Å². The summed E-state index contributed by atoms with van der Waals surface area (Å²) in [6, 6.07) is 3.39. The lowest BCUT2D eigenvalue weighted by Crippen LogP contribution is -2.23. The summed E-state index contributed by atoms with van der Waals surface area (Å²) in [6.07, 6.45) is 2.74. The number of carbonyl (C=O) groups is 2. The van der Waals surface area contributed by atoms with Crippen LogP contribution in [0.3, 0.4) is 0 Å². The summed E-state index contributed by atoms with van der Waals surface area (Å²) in [7, 11) is 5.83. The number of carbonyl (C=O) groups excluding carboxylic acids is 2. The standard InChI is InChI=1S/C17H20N2O6/c1-22-13-9-11-10(15(24-3)16(13)25-4)8-12(19-11)17(21)18-7-5-6-14(20)23-2/h5-6,8-9,19H,7H2,1-4H3,(H,18,21)/b6-5+. The molecule has 8 nitrogen and oxygen atoms in total. The monoisotopic (exact) mass is 348 g/mol. The third kappa shape index (κ3) is 3.85. The molecule has 0 saturated heterocycles. The van der Waals surface area contributed by atoms with E-state index in [1.807, 2.05) is 0 Å². The smallest absolute Gasteiger partial charge is 0.330 e. The van der Waals surface area contributed by atoms with Gasteiger partial charge in [-0.25, -0.2) is 4.79 Å². The van der Waals surface area contributed by atoms with Gasteiger partial charge in [-0.15, -0.1) is 0 Å². The van der Waals surface area contributed by atoms with Crippen molar-refractivity contribution in [1.29, 1.82) is 0 Å². The van der Waals surface area contributed by atoms with Crippen LogP contribution in [0, 0.1) is 0 Å². The van der Waals surface area contributed by atoms with Crippen molar-refractivity contribution in [3.63, 3.8) is 0 Å². The number of H-pyrrole nitrogens is 1. The SMILES string of the molecule is COC(=O)/C=C/CNC(=O)c1cc2c(OC)c(OC)c(OC)cc2[nH]1. The van der Waals surface area contributed by atoms with Gasteiger partial charge in [-0.05, 0) is 6.07 Å². The van der Waals surface area contributed by atoms with Gasteiger partial charge in [0.2, 0.25) is 5.75 Å². The average Bonchev–Trinajstić information content (AvgIpc) is 3.06. The molecule has 0 aliphatic heterocycles. The number of rotatable bonds is 7. The molecule has 0 unspecified atom stereocenters. The zero-order valence-corrected chi connectivity index (χ0v) is 14.5. The third-order valence-electron chi connectivity index (χ3n) is 3.51. The van der Waals surface area contributed by atoms with Crippen molar-refractivity contribution in [2.24, 2.45) is 0 Å². The first kappa shape index (κ1) is 18.2. The van der Waals surface area contributed by atoms with Gasteiger partial charge < -0.3 is 29.2 Å². The van der Waals surface area contributed by atoms with E-state index in [1.165, 1.54) is 40.6 Å². The van der Waals surface area contributed by atoms with Crippen LogP contribution >= 0.6 is 0 Å². The molecular formula is C17H20N2O6. The number of esters is 1. The van der Waals surface area contributed by atoms with Gasteiger partial charge in [-0.2, -0.15) is 0 Å². The number of methoxy groups -OCH3 is 4. The van der Waals surface area contributed by atoms with Crippen LogP contribution in [-0.4, -0.2) is 51.8 Å². The largest absolute Gasteiger partial charge is 0.493 e. The van der Waals surface area contributed by atoms with Crippen molar-refractivity contribution in [2.75, 3.05) is 35.0 Å². The number of amides is 1. The Labute approximate surface area is 144 Å². The first-order valence-electron chi connectivity index (χ1n) is 7.40. The maximum absolute atomic E-state index is 12.2.